The van der Waals surface area contributed by atoms with Crippen LogP contribution in [-0.4, -0.2) is 77.9 Å². The van der Waals surface area contributed by atoms with Gasteiger partial charge in [-0.05, 0) is 43.4 Å². The summed E-state index contributed by atoms with van der Waals surface area (Å²) < 4.78 is 0. The number of nitrogens with two attached hydrogens (primary N) is 1. The monoisotopic (exact) mass is 480 g/mol. The van der Waals surface area contributed by atoms with Crippen molar-refractivity contribution in [2.75, 3.05) is 39.3 Å². The molecule has 0 saturated carbocycles. The second-order valence-electron chi connectivity index (χ2n) is 9.37. The van der Waals surface area contributed by atoms with E-state index in [0.717, 1.165) is 11.9 Å². The fourth-order valence-electron chi connectivity index (χ4n) is 5.67. The minimum atomic E-state index is -0.390. The van der Waals surface area contributed by atoms with Crippen molar-refractivity contribution >= 4 is 28.7 Å². The molecule has 4 amide bonds. The van der Waals surface area contributed by atoms with Crippen LogP contribution in [0.5, 0.6) is 0 Å². The Hall–Kier alpha value is -3.17. The van der Waals surface area contributed by atoms with Crippen molar-refractivity contribution in [2.45, 2.75) is 38.1 Å². The smallest absolute Gasteiger partial charge is 0.324 e. The second-order valence-corrected chi connectivity index (χ2v) is 9.37. The van der Waals surface area contributed by atoms with Crippen molar-refractivity contribution in [3.63, 3.8) is 0 Å². The molecule has 0 unspecified atom stereocenters. The second kappa shape index (κ2) is 11.0. The SMILES string of the molecule is C=CCN1C[C@H](C(=O)N(CCCNC(=O)CN)C(=O)NCC)C[C@@H]2c3cccc4[nH]cc(c34)C[C@H]21. The van der Waals surface area contributed by atoms with E-state index in [1.165, 1.54) is 21.4 Å². The number of aromatic amines is 1. The fraction of sp³-hybridized carbons (Fsp3) is 0.500. The Morgan fingerprint density at radius 3 is 2.89 bits per heavy atom. The number of H-pyrrole nitrogens is 1. The van der Waals surface area contributed by atoms with E-state index in [4.69, 9.17) is 5.73 Å². The molecular weight excluding hydrogens is 444 g/mol. The summed E-state index contributed by atoms with van der Waals surface area (Å²) in [5.41, 5.74) is 9.06. The van der Waals surface area contributed by atoms with Gasteiger partial charge in [-0.1, -0.05) is 18.2 Å². The molecule has 1 aliphatic heterocycles. The molecule has 1 aromatic carbocycles. The van der Waals surface area contributed by atoms with Crippen molar-refractivity contribution in [3.8, 4) is 0 Å². The van der Waals surface area contributed by atoms with Crippen LogP contribution in [-0.2, 0) is 16.0 Å². The van der Waals surface area contributed by atoms with E-state index in [-0.39, 0.29) is 42.8 Å². The zero-order valence-electron chi connectivity index (χ0n) is 20.4. The lowest BCUT2D eigenvalue weighted by Gasteiger charge is -2.47. The van der Waals surface area contributed by atoms with Gasteiger partial charge in [0.2, 0.25) is 11.8 Å². The van der Waals surface area contributed by atoms with Gasteiger partial charge in [0.25, 0.3) is 0 Å². The van der Waals surface area contributed by atoms with Crippen LogP contribution >= 0.6 is 0 Å². The topological polar surface area (TPSA) is 124 Å². The average Bonchev–Trinajstić information content (AvgIpc) is 3.28. The lowest BCUT2D eigenvalue weighted by molar-refractivity contribution is -0.135. The summed E-state index contributed by atoms with van der Waals surface area (Å²) >= 11 is 0. The maximum absolute atomic E-state index is 13.8. The Kier molecular flexibility index (Phi) is 7.87. The number of nitrogens with one attached hydrogen (secondary N) is 3. The Labute approximate surface area is 206 Å². The molecule has 2 heterocycles. The van der Waals surface area contributed by atoms with Gasteiger partial charge >= 0.3 is 6.03 Å². The van der Waals surface area contributed by atoms with Gasteiger partial charge in [0.15, 0.2) is 0 Å². The third-order valence-electron chi connectivity index (χ3n) is 7.19. The Balaban J connectivity index is 1.56. The summed E-state index contributed by atoms with van der Waals surface area (Å²) in [5.74, 6) is -0.534. The predicted octanol–water partition coefficient (Wildman–Crippen LogP) is 1.71. The largest absolute Gasteiger partial charge is 0.361 e. The molecule has 2 aliphatic rings. The summed E-state index contributed by atoms with van der Waals surface area (Å²) in [5, 5.41) is 6.74. The normalized spacial score (nSPS) is 21.3. The number of carbonyl (C=O) groups excluding carboxylic acids is 3. The Morgan fingerprint density at radius 2 is 2.14 bits per heavy atom. The zero-order chi connectivity index (χ0) is 24.9. The Morgan fingerprint density at radius 1 is 1.31 bits per heavy atom. The van der Waals surface area contributed by atoms with Gasteiger partial charge in [-0.2, -0.15) is 0 Å². The van der Waals surface area contributed by atoms with Crippen molar-refractivity contribution in [1.82, 2.24) is 25.4 Å². The minimum Gasteiger partial charge on any atom is -0.361 e. The molecule has 35 heavy (non-hydrogen) atoms. The minimum absolute atomic E-state index is 0.0850. The van der Waals surface area contributed by atoms with E-state index in [2.05, 4.69) is 51.5 Å². The third-order valence-corrected chi connectivity index (χ3v) is 7.19. The number of amides is 4. The van der Waals surface area contributed by atoms with Gasteiger partial charge < -0.3 is 21.4 Å². The highest BCUT2D eigenvalue weighted by atomic mass is 16.2. The highest BCUT2D eigenvalue weighted by molar-refractivity contribution is 5.96. The van der Waals surface area contributed by atoms with Crippen molar-refractivity contribution in [1.29, 1.82) is 0 Å². The van der Waals surface area contributed by atoms with Gasteiger partial charge in [-0.15, -0.1) is 6.58 Å². The summed E-state index contributed by atoms with van der Waals surface area (Å²) in [7, 11) is 0. The van der Waals surface area contributed by atoms with E-state index >= 15 is 0 Å². The first-order valence-corrected chi connectivity index (χ1v) is 12.5. The molecule has 5 N–H and O–H groups in total. The number of rotatable bonds is 9. The summed E-state index contributed by atoms with van der Waals surface area (Å²) in [4.78, 5) is 45.1. The van der Waals surface area contributed by atoms with Crippen LogP contribution in [0.15, 0.2) is 37.1 Å². The first kappa shape index (κ1) is 24.9. The van der Waals surface area contributed by atoms with E-state index < -0.39 is 6.03 Å². The standard InChI is InChI=1S/C26H36N6O3/c1-3-10-31-16-18(25(34)32(26(35)28-4-2)11-6-9-29-23(33)14-27)12-20-19-7-5-8-21-24(19)17(15-30-21)13-22(20)31/h3,5,7-8,15,18,20,22,30H,1,4,6,9-14,16,27H2,2H3,(H,28,35)(H,29,33)/t18-,20-,22-/m1/s1. The molecule has 2 aromatic rings. The van der Waals surface area contributed by atoms with E-state index in [9.17, 15) is 14.4 Å². The van der Waals surface area contributed by atoms with Crippen molar-refractivity contribution < 1.29 is 14.4 Å². The predicted molar refractivity (Wildman–Crippen MR) is 136 cm³/mol. The number of hydrogen-bond acceptors (Lipinski definition) is 5. The molecule has 4 rings (SSSR count). The van der Waals surface area contributed by atoms with Crippen LogP contribution in [0.3, 0.4) is 0 Å². The molecule has 1 aliphatic carbocycles. The molecule has 0 spiro atoms. The van der Waals surface area contributed by atoms with Crippen molar-refractivity contribution in [2.24, 2.45) is 11.7 Å². The lowest BCUT2D eigenvalue weighted by atomic mass is 9.72. The summed E-state index contributed by atoms with van der Waals surface area (Å²) in [6.07, 6.45) is 6.08. The highest BCUT2D eigenvalue weighted by Crippen LogP contribution is 2.45. The van der Waals surface area contributed by atoms with Crippen LogP contribution in [0, 0.1) is 5.92 Å². The number of carbonyl (C=O) groups is 3. The van der Waals surface area contributed by atoms with Crippen molar-refractivity contribution in [3.05, 3.63) is 48.2 Å². The van der Waals surface area contributed by atoms with Gasteiger partial charge in [0.1, 0.15) is 0 Å². The summed E-state index contributed by atoms with van der Waals surface area (Å²) in [6, 6.07) is 6.24. The van der Waals surface area contributed by atoms with Crippen LogP contribution in [0.4, 0.5) is 4.79 Å². The van der Waals surface area contributed by atoms with Crippen LogP contribution < -0.4 is 16.4 Å². The number of urea groups is 1. The van der Waals surface area contributed by atoms with Crippen LogP contribution in [0.2, 0.25) is 0 Å². The van der Waals surface area contributed by atoms with Gasteiger partial charge in [0.05, 0.1) is 12.5 Å². The van der Waals surface area contributed by atoms with E-state index in [0.29, 0.717) is 39.0 Å². The number of aromatic nitrogens is 1. The quantitative estimate of drug-likeness (QED) is 0.321. The first-order chi connectivity index (χ1) is 17.0. The molecule has 3 atom stereocenters. The maximum Gasteiger partial charge on any atom is 0.324 e. The average molecular weight is 481 g/mol. The molecule has 188 valence electrons. The van der Waals surface area contributed by atoms with Crippen LogP contribution in [0.1, 0.15) is 36.8 Å². The molecule has 1 fully saturated rings. The van der Waals surface area contributed by atoms with Gasteiger partial charge in [-0.3, -0.25) is 19.4 Å². The number of nitrogens with zero attached hydrogens (tertiary/aromatic N) is 2. The molecule has 9 heteroatoms. The zero-order valence-corrected chi connectivity index (χ0v) is 20.4. The first-order valence-electron chi connectivity index (χ1n) is 12.5. The molecule has 1 aromatic heterocycles. The number of hydrogen-bond donors (Lipinski definition) is 4. The highest BCUT2D eigenvalue weighted by Gasteiger charge is 2.43. The molecule has 1 saturated heterocycles. The van der Waals surface area contributed by atoms with Gasteiger partial charge in [-0.25, -0.2) is 4.79 Å². The van der Waals surface area contributed by atoms with E-state index in [1.54, 1.807) is 0 Å². The number of piperidine rings is 1. The van der Waals surface area contributed by atoms with E-state index in [1.807, 2.05) is 13.0 Å². The lowest BCUT2D eigenvalue weighted by Crippen LogP contribution is -2.55. The molecule has 9 nitrogen and oxygen atoms in total. The molecule has 0 radical (unpaired) electrons. The number of imide groups is 1. The van der Waals surface area contributed by atoms with Crippen LogP contribution in [0.25, 0.3) is 10.9 Å². The number of fused-ring (bicyclic) bond motifs is 2. The number of benzene rings is 1. The Bertz CT molecular complexity index is 1100. The molecular formula is C26H36N6O3. The third kappa shape index (κ3) is 5.11. The fourth-order valence-corrected chi connectivity index (χ4v) is 5.67. The summed E-state index contributed by atoms with van der Waals surface area (Å²) in [6.45, 7) is 7.99. The maximum atomic E-state index is 13.8. The molecule has 0 bridgehead atoms. The van der Waals surface area contributed by atoms with Gasteiger partial charge in [0, 0.05) is 61.8 Å². The number of likely N-dealkylation sites (tertiary alicyclic amines) is 1.